The molecule has 4 rings (SSSR count). The molecule has 4 nitrogen and oxygen atoms in total. The van der Waals surface area contributed by atoms with E-state index in [-0.39, 0.29) is 29.3 Å². The molecular weight excluding hydrogens is 573 g/mol. The molecular formula is C40H58O4Si. The van der Waals surface area contributed by atoms with E-state index in [1.807, 2.05) is 20.8 Å². The Balaban J connectivity index is 1.84. The first-order valence-electron chi connectivity index (χ1n) is 17.0. The molecule has 0 N–H and O–H groups in total. The molecule has 2 aliphatic rings. The summed E-state index contributed by atoms with van der Waals surface area (Å²) in [6.45, 7) is 19.8. The second-order valence-corrected chi connectivity index (χ2v) is 20.0. The molecule has 45 heavy (non-hydrogen) atoms. The Morgan fingerprint density at radius 2 is 1.44 bits per heavy atom. The van der Waals surface area contributed by atoms with Crippen LogP contribution in [0.3, 0.4) is 0 Å². The van der Waals surface area contributed by atoms with E-state index in [0.29, 0.717) is 23.7 Å². The molecule has 0 bridgehead atoms. The van der Waals surface area contributed by atoms with Crippen LogP contribution >= 0.6 is 0 Å². The molecule has 6 atom stereocenters. The SMILES string of the molecule is CO[C@H]1/C=C\C[C@@H](O[Si](c2ccccc2)(c2ccccc2)C(C)(C)C)C[C@H]2C(C)=CC[C@H](C(C)C)[C@H]2C[C@@H]1OC(=O)C(C)(C)C. The molecule has 0 spiro atoms. The lowest BCUT2D eigenvalue weighted by atomic mass is 9.64. The number of methoxy groups -OCH3 is 1. The van der Waals surface area contributed by atoms with Gasteiger partial charge in [-0.05, 0) is 92.5 Å². The van der Waals surface area contributed by atoms with Gasteiger partial charge in [0.1, 0.15) is 12.2 Å². The normalized spacial score (nSPS) is 27.3. The second kappa shape index (κ2) is 14.5. The van der Waals surface area contributed by atoms with Crippen molar-refractivity contribution in [3.8, 4) is 0 Å². The maximum absolute atomic E-state index is 13.2. The number of benzene rings is 2. The van der Waals surface area contributed by atoms with Crippen molar-refractivity contribution in [2.24, 2.45) is 29.1 Å². The third-order valence-corrected chi connectivity index (χ3v) is 15.3. The minimum atomic E-state index is -2.76. The Hall–Kier alpha value is -2.47. The van der Waals surface area contributed by atoms with Crippen LogP contribution in [-0.2, 0) is 18.7 Å². The summed E-state index contributed by atoms with van der Waals surface area (Å²) in [6, 6.07) is 21.9. The van der Waals surface area contributed by atoms with E-state index in [4.69, 9.17) is 13.9 Å². The molecule has 5 heteroatoms. The fourth-order valence-electron chi connectivity index (χ4n) is 7.72. The van der Waals surface area contributed by atoms with Crippen molar-refractivity contribution < 1.29 is 18.7 Å². The van der Waals surface area contributed by atoms with Gasteiger partial charge in [-0.3, -0.25) is 4.79 Å². The van der Waals surface area contributed by atoms with E-state index < -0.39 is 13.7 Å². The molecule has 0 aliphatic heterocycles. The van der Waals surface area contributed by atoms with Gasteiger partial charge in [-0.25, -0.2) is 0 Å². The summed E-state index contributed by atoms with van der Waals surface area (Å²) in [6.07, 6.45) is 9.70. The zero-order valence-electron chi connectivity index (χ0n) is 29.5. The minimum absolute atomic E-state index is 0.0143. The van der Waals surface area contributed by atoms with Gasteiger partial charge in [0.2, 0.25) is 0 Å². The van der Waals surface area contributed by atoms with Crippen molar-refractivity contribution in [1.82, 2.24) is 0 Å². The van der Waals surface area contributed by atoms with Crippen LogP contribution in [-0.4, -0.2) is 39.7 Å². The second-order valence-electron chi connectivity index (χ2n) is 15.8. The van der Waals surface area contributed by atoms with Gasteiger partial charge in [0.15, 0.2) is 0 Å². The lowest BCUT2D eigenvalue weighted by Gasteiger charge is -2.47. The molecule has 0 unspecified atom stereocenters. The summed E-state index contributed by atoms with van der Waals surface area (Å²) >= 11 is 0. The van der Waals surface area contributed by atoms with E-state index in [0.717, 1.165) is 25.7 Å². The van der Waals surface area contributed by atoms with Crippen molar-refractivity contribution in [2.45, 2.75) is 111 Å². The highest BCUT2D eigenvalue weighted by Gasteiger charge is 2.52. The van der Waals surface area contributed by atoms with E-state index in [9.17, 15) is 4.79 Å². The lowest BCUT2D eigenvalue weighted by Crippen LogP contribution is -2.67. The number of ether oxygens (including phenoxy) is 2. The van der Waals surface area contributed by atoms with E-state index in [1.54, 1.807) is 7.11 Å². The van der Waals surface area contributed by atoms with E-state index in [1.165, 1.54) is 15.9 Å². The monoisotopic (exact) mass is 630 g/mol. The molecule has 0 saturated heterocycles. The molecule has 2 aromatic carbocycles. The van der Waals surface area contributed by atoms with Gasteiger partial charge in [0, 0.05) is 13.2 Å². The summed E-state index contributed by atoms with van der Waals surface area (Å²) in [4.78, 5) is 13.2. The zero-order valence-corrected chi connectivity index (χ0v) is 30.5. The molecule has 2 aliphatic carbocycles. The molecule has 0 aromatic heterocycles. The number of carbonyl (C=O) groups is 1. The van der Waals surface area contributed by atoms with Crippen molar-refractivity contribution in [1.29, 1.82) is 0 Å². The van der Waals surface area contributed by atoms with Gasteiger partial charge in [-0.1, -0.05) is 119 Å². The molecule has 246 valence electrons. The predicted molar refractivity (Wildman–Crippen MR) is 189 cm³/mol. The average molecular weight is 631 g/mol. The van der Waals surface area contributed by atoms with Crippen LogP contribution in [0, 0.1) is 29.1 Å². The smallest absolute Gasteiger partial charge is 0.311 e. The maximum atomic E-state index is 13.2. The minimum Gasteiger partial charge on any atom is -0.459 e. The standard InChI is InChI=1S/C40H58O4Si/c1-28(2)33-25-24-29(3)34-26-30(18-17-23-36(42-10)37(27-35(33)34)43-38(41)39(4,5)6)44-45(40(7,8)9,31-19-13-11-14-20-31)32-21-15-12-16-22-32/h11-17,19-24,28,30,33-37H,18,25-27H2,1-10H3/b23-17-/t30-,33-,34+,35-,36+,37+/m1/s1. The maximum Gasteiger partial charge on any atom is 0.311 e. The van der Waals surface area contributed by atoms with Crippen molar-refractivity contribution in [3.63, 3.8) is 0 Å². The van der Waals surface area contributed by atoms with Crippen LogP contribution in [0.15, 0.2) is 84.5 Å². The number of hydrogen-bond acceptors (Lipinski definition) is 4. The topological polar surface area (TPSA) is 44.8 Å². The largest absolute Gasteiger partial charge is 0.459 e. The molecule has 0 fully saturated rings. The number of allylic oxidation sites excluding steroid dienone is 2. The lowest BCUT2D eigenvalue weighted by molar-refractivity contribution is -0.166. The first-order chi connectivity index (χ1) is 21.2. The van der Waals surface area contributed by atoms with Crippen LogP contribution in [0.25, 0.3) is 0 Å². The summed E-state index contributed by atoms with van der Waals surface area (Å²) < 4.78 is 20.2. The number of carbonyl (C=O) groups excluding carboxylic acids is 1. The fraction of sp³-hybridized carbons (Fsp3) is 0.575. The zero-order chi connectivity index (χ0) is 33.0. The summed E-state index contributed by atoms with van der Waals surface area (Å²) in [5.41, 5.74) is 0.859. The van der Waals surface area contributed by atoms with Gasteiger partial charge < -0.3 is 13.9 Å². The van der Waals surface area contributed by atoms with Crippen LogP contribution < -0.4 is 10.4 Å². The predicted octanol–water partition coefficient (Wildman–Crippen LogP) is 8.50. The summed E-state index contributed by atoms with van der Waals surface area (Å²) in [5.74, 6) is 1.50. The number of rotatable bonds is 7. The third-order valence-electron chi connectivity index (χ3n) is 10.2. The Bertz CT molecular complexity index is 1260. The third kappa shape index (κ3) is 7.92. The number of hydrogen-bond donors (Lipinski definition) is 0. The van der Waals surface area contributed by atoms with Gasteiger partial charge in [0.05, 0.1) is 5.41 Å². The highest BCUT2D eigenvalue weighted by molar-refractivity contribution is 6.99. The summed E-state index contributed by atoms with van der Waals surface area (Å²) in [5, 5.41) is 2.51. The van der Waals surface area contributed by atoms with Crippen LogP contribution in [0.1, 0.15) is 88.0 Å². The molecule has 2 aromatic rings. The van der Waals surface area contributed by atoms with Crippen molar-refractivity contribution >= 4 is 24.7 Å². The van der Waals surface area contributed by atoms with Gasteiger partial charge in [-0.2, -0.15) is 0 Å². The molecule has 0 saturated carbocycles. The Labute approximate surface area is 274 Å². The quantitative estimate of drug-likeness (QED) is 0.175. The van der Waals surface area contributed by atoms with E-state index in [2.05, 4.69) is 120 Å². The number of esters is 1. The Morgan fingerprint density at radius 1 is 0.867 bits per heavy atom. The van der Waals surface area contributed by atoms with E-state index >= 15 is 0 Å². The highest BCUT2D eigenvalue weighted by Crippen LogP contribution is 2.46. The summed E-state index contributed by atoms with van der Waals surface area (Å²) in [7, 11) is -1.02. The van der Waals surface area contributed by atoms with Crippen LogP contribution in [0.2, 0.25) is 5.04 Å². The molecule has 0 amide bonds. The number of fused-ring (bicyclic) bond motifs is 1. The molecule has 0 heterocycles. The van der Waals surface area contributed by atoms with Crippen molar-refractivity contribution in [3.05, 3.63) is 84.5 Å². The van der Waals surface area contributed by atoms with Gasteiger partial charge in [-0.15, -0.1) is 0 Å². The first-order valence-corrected chi connectivity index (χ1v) is 19.0. The average Bonchev–Trinajstić information content (AvgIpc) is 2.98. The highest BCUT2D eigenvalue weighted by atomic mass is 28.4. The van der Waals surface area contributed by atoms with Crippen molar-refractivity contribution in [2.75, 3.05) is 7.11 Å². The Morgan fingerprint density at radius 3 is 1.93 bits per heavy atom. The van der Waals surface area contributed by atoms with Crippen LogP contribution in [0.4, 0.5) is 0 Å². The Kier molecular flexibility index (Phi) is 11.4. The van der Waals surface area contributed by atoms with Gasteiger partial charge >= 0.3 is 5.97 Å². The van der Waals surface area contributed by atoms with Gasteiger partial charge in [0.25, 0.3) is 8.32 Å². The fourth-order valence-corrected chi connectivity index (χ4v) is 12.4. The van der Waals surface area contributed by atoms with Crippen LogP contribution in [0.5, 0.6) is 0 Å². The molecule has 0 radical (unpaired) electrons. The first kappa shape index (κ1) is 35.4.